The molecule has 0 aliphatic carbocycles. The van der Waals surface area contributed by atoms with Crippen LogP contribution in [0.1, 0.15) is 5.56 Å². The molecule has 0 aliphatic heterocycles. The monoisotopic (exact) mass is 488 g/mol. The van der Waals surface area contributed by atoms with E-state index in [4.69, 9.17) is 14.7 Å². The van der Waals surface area contributed by atoms with E-state index in [1.54, 1.807) is 0 Å². The summed E-state index contributed by atoms with van der Waals surface area (Å²) in [5.41, 5.74) is 7.78. The van der Waals surface area contributed by atoms with Gasteiger partial charge in [-0.25, -0.2) is 0 Å². The van der Waals surface area contributed by atoms with Gasteiger partial charge < -0.3 is 14.7 Å². The minimum atomic E-state index is -4.36. The minimum Gasteiger partial charge on any atom is -0.493 e. The third-order valence-electron chi connectivity index (χ3n) is 3.15. The third-order valence-corrected chi connectivity index (χ3v) is 5.05. The van der Waals surface area contributed by atoms with Gasteiger partial charge in [0.05, 0.1) is 22.7 Å². The van der Waals surface area contributed by atoms with E-state index in [1.165, 1.54) is 43.7 Å². The first kappa shape index (κ1) is 21.5. The second-order valence-corrected chi connectivity index (χ2v) is 7.90. The second kappa shape index (κ2) is 8.95. The predicted molar refractivity (Wildman–Crippen MR) is 109 cm³/mol. The average molecular weight is 489 g/mol. The van der Waals surface area contributed by atoms with Gasteiger partial charge in [0.2, 0.25) is 0 Å². The SMILES string of the molecule is COc1cc(/C=N\NC(N)=S)cc(Br)c1OS(=O)(=O)c1cccc([N+](=O)[O-])c1. The van der Waals surface area contributed by atoms with Crippen LogP contribution < -0.4 is 20.1 Å². The van der Waals surface area contributed by atoms with E-state index in [2.05, 4.69) is 38.7 Å². The smallest absolute Gasteiger partial charge is 0.339 e. The number of benzene rings is 2. The Morgan fingerprint density at radius 2 is 2.11 bits per heavy atom. The van der Waals surface area contributed by atoms with Gasteiger partial charge in [-0.3, -0.25) is 15.5 Å². The lowest BCUT2D eigenvalue weighted by atomic mass is 10.2. The highest BCUT2D eigenvalue weighted by atomic mass is 79.9. The number of methoxy groups -OCH3 is 1. The number of hydrogen-bond donors (Lipinski definition) is 2. The lowest BCUT2D eigenvalue weighted by molar-refractivity contribution is -0.385. The molecule has 0 bridgehead atoms. The summed E-state index contributed by atoms with van der Waals surface area (Å²) in [6.45, 7) is 0. The largest absolute Gasteiger partial charge is 0.493 e. The zero-order valence-electron chi connectivity index (χ0n) is 14.2. The van der Waals surface area contributed by atoms with Crippen LogP contribution in [0.15, 0.2) is 50.9 Å². The highest BCUT2D eigenvalue weighted by Crippen LogP contribution is 2.38. The molecule has 13 heteroatoms. The molecule has 0 saturated carbocycles. The van der Waals surface area contributed by atoms with E-state index in [-0.39, 0.29) is 31.7 Å². The first-order valence-corrected chi connectivity index (χ1v) is 9.90. The number of hydrazone groups is 1. The van der Waals surface area contributed by atoms with Gasteiger partial charge in [0.1, 0.15) is 4.90 Å². The van der Waals surface area contributed by atoms with Gasteiger partial charge in [0.25, 0.3) is 5.69 Å². The van der Waals surface area contributed by atoms with Gasteiger partial charge in [0.15, 0.2) is 16.6 Å². The summed E-state index contributed by atoms with van der Waals surface area (Å²) < 4.78 is 35.7. The molecule has 0 saturated heterocycles. The van der Waals surface area contributed by atoms with E-state index in [0.29, 0.717) is 5.56 Å². The quantitative estimate of drug-likeness (QED) is 0.197. The van der Waals surface area contributed by atoms with Crippen molar-refractivity contribution < 1.29 is 22.3 Å². The zero-order valence-corrected chi connectivity index (χ0v) is 17.4. The van der Waals surface area contributed by atoms with Crippen LogP contribution in [0.2, 0.25) is 0 Å². The molecule has 148 valence electrons. The van der Waals surface area contributed by atoms with E-state index in [1.807, 2.05) is 0 Å². The Kier molecular flexibility index (Phi) is 6.88. The molecule has 0 amide bonds. The Labute approximate surface area is 173 Å². The van der Waals surface area contributed by atoms with Crippen molar-refractivity contribution in [2.45, 2.75) is 4.90 Å². The molecular formula is C15H13BrN4O6S2. The molecule has 0 radical (unpaired) electrons. The van der Waals surface area contributed by atoms with Crippen LogP contribution in [0.25, 0.3) is 0 Å². The maximum Gasteiger partial charge on any atom is 0.339 e. The zero-order chi connectivity index (χ0) is 20.9. The number of hydrogen-bond acceptors (Lipinski definition) is 8. The van der Waals surface area contributed by atoms with Crippen molar-refractivity contribution in [3.8, 4) is 11.5 Å². The van der Waals surface area contributed by atoms with Crippen molar-refractivity contribution in [3.05, 3.63) is 56.5 Å². The standard InChI is InChI=1S/C15H13BrN4O6S2/c1-25-13-6-9(8-18-19-15(17)27)5-12(16)14(13)26-28(23,24)11-4-2-3-10(7-11)20(21)22/h2-8H,1H3,(H3,17,19,27)/b18-8-. The molecule has 3 N–H and O–H groups in total. The van der Waals surface area contributed by atoms with E-state index in [0.717, 1.165) is 6.07 Å². The number of rotatable bonds is 7. The van der Waals surface area contributed by atoms with E-state index >= 15 is 0 Å². The topological polar surface area (TPSA) is 146 Å². The van der Waals surface area contributed by atoms with Crippen molar-refractivity contribution in [2.75, 3.05) is 7.11 Å². The lowest BCUT2D eigenvalue weighted by Gasteiger charge is -2.13. The number of non-ortho nitro benzene ring substituents is 1. The second-order valence-electron chi connectivity index (χ2n) is 5.06. The molecule has 0 aromatic heterocycles. The Morgan fingerprint density at radius 1 is 1.39 bits per heavy atom. The number of thiocarbonyl (C=S) groups is 1. The van der Waals surface area contributed by atoms with Gasteiger partial charge >= 0.3 is 10.1 Å². The highest BCUT2D eigenvalue weighted by Gasteiger charge is 2.23. The molecule has 2 aromatic rings. The maximum atomic E-state index is 12.5. The summed E-state index contributed by atoms with van der Waals surface area (Å²) in [5, 5.41) is 14.6. The van der Waals surface area contributed by atoms with Crippen LogP contribution in [-0.2, 0) is 10.1 Å². The Morgan fingerprint density at radius 3 is 2.71 bits per heavy atom. The first-order chi connectivity index (χ1) is 13.1. The van der Waals surface area contributed by atoms with Gasteiger partial charge in [-0.05, 0) is 51.9 Å². The molecule has 0 spiro atoms. The van der Waals surface area contributed by atoms with Gasteiger partial charge in [0, 0.05) is 12.1 Å². The van der Waals surface area contributed by atoms with Crippen molar-refractivity contribution in [3.63, 3.8) is 0 Å². The molecular weight excluding hydrogens is 476 g/mol. The summed E-state index contributed by atoms with van der Waals surface area (Å²) in [6.07, 6.45) is 1.38. The molecule has 2 aromatic carbocycles. The summed E-state index contributed by atoms with van der Waals surface area (Å²) >= 11 is 7.84. The Balaban J connectivity index is 2.39. The van der Waals surface area contributed by atoms with Gasteiger partial charge in [-0.15, -0.1) is 0 Å². The van der Waals surface area contributed by atoms with Crippen LogP contribution in [0.3, 0.4) is 0 Å². The summed E-state index contributed by atoms with van der Waals surface area (Å²) in [5.74, 6) is -0.0476. The molecule has 0 aliphatic rings. The highest BCUT2D eigenvalue weighted by molar-refractivity contribution is 9.10. The predicted octanol–water partition coefficient (Wildman–Crippen LogP) is 2.30. The summed E-state index contributed by atoms with van der Waals surface area (Å²) in [7, 11) is -3.04. The fraction of sp³-hybridized carbons (Fsp3) is 0.0667. The molecule has 10 nitrogen and oxygen atoms in total. The summed E-state index contributed by atoms with van der Waals surface area (Å²) in [6, 6.07) is 7.49. The molecule has 28 heavy (non-hydrogen) atoms. The number of nitrogens with two attached hydrogens (primary N) is 1. The number of ether oxygens (including phenoxy) is 1. The van der Waals surface area contributed by atoms with Crippen molar-refractivity contribution in [2.24, 2.45) is 10.8 Å². The van der Waals surface area contributed by atoms with Crippen molar-refractivity contribution in [1.82, 2.24) is 5.43 Å². The van der Waals surface area contributed by atoms with Crippen LogP contribution in [-0.4, -0.2) is 31.8 Å². The number of nitrogens with zero attached hydrogens (tertiary/aromatic N) is 2. The number of nitro benzene ring substituents is 1. The van der Waals surface area contributed by atoms with Crippen LogP contribution in [0.5, 0.6) is 11.5 Å². The Bertz CT molecular complexity index is 1060. The van der Waals surface area contributed by atoms with Crippen molar-refractivity contribution >= 4 is 55.3 Å². The van der Waals surface area contributed by atoms with Crippen molar-refractivity contribution in [1.29, 1.82) is 0 Å². The normalized spacial score (nSPS) is 11.2. The Hall–Kier alpha value is -2.77. The molecule has 0 heterocycles. The van der Waals surface area contributed by atoms with E-state index < -0.39 is 15.0 Å². The van der Waals surface area contributed by atoms with E-state index in [9.17, 15) is 18.5 Å². The maximum absolute atomic E-state index is 12.5. The number of nitro groups is 1. The molecule has 0 atom stereocenters. The minimum absolute atomic E-state index is 0.0229. The summed E-state index contributed by atoms with van der Waals surface area (Å²) in [4.78, 5) is 9.79. The number of halogens is 1. The van der Waals surface area contributed by atoms with Crippen LogP contribution in [0, 0.1) is 10.1 Å². The first-order valence-electron chi connectivity index (χ1n) is 7.29. The van der Waals surface area contributed by atoms with Gasteiger partial charge in [-0.2, -0.15) is 13.5 Å². The lowest BCUT2D eigenvalue weighted by Crippen LogP contribution is -2.24. The third kappa shape index (κ3) is 5.37. The molecule has 0 fully saturated rings. The molecule has 2 rings (SSSR count). The van der Waals surface area contributed by atoms with Crippen LogP contribution >= 0.6 is 28.1 Å². The fourth-order valence-electron chi connectivity index (χ4n) is 1.98. The van der Waals surface area contributed by atoms with Crippen LogP contribution in [0.4, 0.5) is 5.69 Å². The average Bonchev–Trinajstić information content (AvgIpc) is 2.63. The fourth-order valence-corrected chi connectivity index (χ4v) is 3.67. The molecule has 0 unspecified atom stereocenters. The van der Waals surface area contributed by atoms with Gasteiger partial charge in [-0.1, -0.05) is 6.07 Å². The number of nitrogens with one attached hydrogen (secondary N) is 1.